The van der Waals surface area contributed by atoms with Gasteiger partial charge in [0.2, 0.25) is 0 Å². The van der Waals surface area contributed by atoms with E-state index in [1.54, 1.807) is 25.6 Å². The molecular formula is C18H22N2O3S. The number of amides is 2. The average molecular weight is 346 g/mol. The van der Waals surface area contributed by atoms with Crippen molar-refractivity contribution in [1.82, 2.24) is 10.2 Å². The van der Waals surface area contributed by atoms with Gasteiger partial charge in [0, 0.05) is 23.1 Å². The van der Waals surface area contributed by atoms with Crippen molar-refractivity contribution < 1.29 is 14.3 Å². The van der Waals surface area contributed by atoms with Crippen molar-refractivity contribution in [2.75, 3.05) is 20.8 Å². The molecule has 3 rings (SSSR count). The van der Waals surface area contributed by atoms with Gasteiger partial charge in [0.25, 0.3) is 0 Å². The van der Waals surface area contributed by atoms with E-state index in [-0.39, 0.29) is 12.1 Å². The van der Waals surface area contributed by atoms with Gasteiger partial charge in [0.05, 0.1) is 26.8 Å². The van der Waals surface area contributed by atoms with Gasteiger partial charge in [0.15, 0.2) is 0 Å². The molecule has 0 radical (unpaired) electrons. The molecule has 0 bridgehead atoms. The molecule has 0 spiro atoms. The lowest BCUT2D eigenvalue weighted by Crippen LogP contribution is -2.39. The normalized spacial score (nSPS) is 16.9. The number of rotatable bonds is 5. The first-order valence-electron chi connectivity index (χ1n) is 8.01. The van der Waals surface area contributed by atoms with Crippen LogP contribution < -0.4 is 14.8 Å². The first-order chi connectivity index (χ1) is 11.7. The van der Waals surface area contributed by atoms with Gasteiger partial charge in [-0.1, -0.05) is 6.07 Å². The number of nitrogens with one attached hydrogen (secondary N) is 1. The van der Waals surface area contributed by atoms with E-state index in [2.05, 4.69) is 5.32 Å². The number of carbonyl (C=O) groups is 1. The van der Waals surface area contributed by atoms with Crippen LogP contribution in [0.1, 0.15) is 29.3 Å². The maximum Gasteiger partial charge on any atom is 0.318 e. The number of ether oxygens (including phenoxy) is 2. The lowest BCUT2D eigenvalue weighted by atomic mass is 10.0. The number of urea groups is 1. The number of hydrogen-bond donors (Lipinski definition) is 1. The summed E-state index contributed by atoms with van der Waals surface area (Å²) in [5.41, 5.74) is 1.03. The monoisotopic (exact) mass is 346 g/mol. The van der Waals surface area contributed by atoms with Gasteiger partial charge in [-0.15, -0.1) is 11.3 Å². The van der Waals surface area contributed by atoms with E-state index < -0.39 is 0 Å². The third kappa shape index (κ3) is 3.48. The number of hydrogen-bond acceptors (Lipinski definition) is 4. The molecule has 1 aliphatic rings. The molecule has 1 aromatic heterocycles. The highest BCUT2D eigenvalue weighted by Gasteiger charge is 2.31. The first kappa shape index (κ1) is 16.6. The summed E-state index contributed by atoms with van der Waals surface area (Å²) in [5, 5.41) is 5.03. The Morgan fingerprint density at radius 1 is 1.33 bits per heavy atom. The smallest absolute Gasteiger partial charge is 0.318 e. The topological polar surface area (TPSA) is 50.8 Å². The number of benzene rings is 1. The van der Waals surface area contributed by atoms with Crippen molar-refractivity contribution in [3.05, 3.63) is 46.2 Å². The summed E-state index contributed by atoms with van der Waals surface area (Å²) in [4.78, 5) is 15.7. The van der Waals surface area contributed by atoms with Gasteiger partial charge >= 0.3 is 6.03 Å². The molecule has 1 aromatic carbocycles. The highest BCUT2D eigenvalue weighted by atomic mass is 32.1. The molecule has 0 aliphatic carbocycles. The predicted molar refractivity (Wildman–Crippen MR) is 94.8 cm³/mol. The molecule has 0 saturated carbocycles. The van der Waals surface area contributed by atoms with E-state index in [1.807, 2.05) is 40.6 Å². The van der Waals surface area contributed by atoms with Crippen LogP contribution in [-0.2, 0) is 6.54 Å². The Morgan fingerprint density at radius 3 is 2.92 bits per heavy atom. The van der Waals surface area contributed by atoms with Crippen molar-refractivity contribution >= 4 is 17.4 Å². The highest BCUT2D eigenvalue weighted by molar-refractivity contribution is 7.09. The predicted octanol–water partition coefficient (Wildman–Crippen LogP) is 3.81. The lowest BCUT2D eigenvalue weighted by molar-refractivity contribution is 0.191. The zero-order valence-electron chi connectivity index (χ0n) is 14.0. The van der Waals surface area contributed by atoms with E-state index in [4.69, 9.17) is 9.47 Å². The molecule has 2 amide bonds. The highest BCUT2D eigenvalue weighted by Crippen LogP contribution is 2.38. The van der Waals surface area contributed by atoms with Crippen molar-refractivity contribution in [2.45, 2.75) is 25.4 Å². The molecule has 128 valence electrons. The summed E-state index contributed by atoms with van der Waals surface area (Å²) in [7, 11) is 3.28. The molecule has 24 heavy (non-hydrogen) atoms. The molecule has 2 aromatic rings. The standard InChI is InChI=1S/C18H22N2O3S/c1-22-13-7-8-15(17(11-13)23-2)16-6-3-9-20(16)18(21)19-12-14-5-4-10-24-14/h4-5,7-8,10-11,16H,3,6,9,12H2,1-2H3,(H,19,21). The summed E-state index contributed by atoms with van der Waals surface area (Å²) >= 11 is 1.65. The van der Waals surface area contributed by atoms with E-state index in [1.165, 1.54) is 0 Å². The third-order valence-corrected chi connectivity index (χ3v) is 5.18. The van der Waals surface area contributed by atoms with Crippen LogP contribution in [0.3, 0.4) is 0 Å². The number of methoxy groups -OCH3 is 2. The maximum atomic E-state index is 12.6. The van der Waals surface area contributed by atoms with Crippen LogP contribution in [0.4, 0.5) is 4.79 Å². The summed E-state index contributed by atoms with van der Waals surface area (Å²) in [6.07, 6.45) is 1.93. The third-order valence-electron chi connectivity index (χ3n) is 4.31. The molecule has 5 nitrogen and oxygen atoms in total. The molecule has 1 aliphatic heterocycles. The molecule has 1 saturated heterocycles. The van der Waals surface area contributed by atoms with Gasteiger partial charge in [0.1, 0.15) is 11.5 Å². The van der Waals surface area contributed by atoms with Crippen molar-refractivity contribution in [1.29, 1.82) is 0 Å². The van der Waals surface area contributed by atoms with Gasteiger partial charge < -0.3 is 19.7 Å². The van der Waals surface area contributed by atoms with Crippen molar-refractivity contribution in [3.63, 3.8) is 0 Å². The molecule has 1 atom stereocenters. The zero-order valence-corrected chi connectivity index (χ0v) is 14.8. The van der Waals surface area contributed by atoms with E-state index in [0.717, 1.165) is 41.3 Å². The van der Waals surface area contributed by atoms with Crippen LogP contribution in [0.5, 0.6) is 11.5 Å². The summed E-state index contributed by atoms with van der Waals surface area (Å²) in [5.74, 6) is 1.51. The second-order valence-electron chi connectivity index (χ2n) is 5.70. The van der Waals surface area contributed by atoms with Crippen molar-refractivity contribution in [2.24, 2.45) is 0 Å². The minimum absolute atomic E-state index is 0.0243. The van der Waals surface area contributed by atoms with Crippen LogP contribution >= 0.6 is 11.3 Å². The second kappa shape index (κ2) is 7.57. The number of thiophene rings is 1. The Labute approximate surface area is 146 Å². The Bertz CT molecular complexity index is 688. The van der Waals surface area contributed by atoms with Crippen LogP contribution in [0.15, 0.2) is 35.7 Å². The minimum Gasteiger partial charge on any atom is -0.497 e. The maximum absolute atomic E-state index is 12.6. The van der Waals surface area contributed by atoms with Crippen molar-refractivity contribution in [3.8, 4) is 11.5 Å². The molecular weight excluding hydrogens is 324 g/mol. The molecule has 1 fully saturated rings. The van der Waals surface area contributed by atoms with Crippen LogP contribution in [-0.4, -0.2) is 31.7 Å². The summed E-state index contributed by atoms with van der Waals surface area (Å²) < 4.78 is 10.8. The quantitative estimate of drug-likeness (QED) is 0.895. The van der Waals surface area contributed by atoms with Crippen LogP contribution in [0.25, 0.3) is 0 Å². The zero-order chi connectivity index (χ0) is 16.9. The fourth-order valence-corrected chi connectivity index (χ4v) is 3.75. The fourth-order valence-electron chi connectivity index (χ4n) is 3.10. The number of nitrogens with zero attached hydrogens (tertiary/aromatic N) is 1. The lowest BCUT2D eigenvalue weighted by Gasteiger charge is -2.26. The Balaban J connectivity index is 1.74. The molecule has 1 N–H and O–H groups in total. The number of likely N-dealkylation sites (tertiary alicyclic amines) is 1. The summed E-state index contributed by atoms with van der Waals surface area (Å²) in [6, 6.07) is 9.81. The van der Waals surface area contributed by atoms with Crippen LogP contribution in [0, 0.1) is 0 Å². The van der Waals surface area contributed by atoms with Gasteiger partial charge in [-0.2, -0.15) is 0 Å². The van der Waals surface area contributed by atoms with E-state index >= 15 is 0 Å². The Kier molecular flexibility index (Phi) is 5.25. The van der Waals surface area contributed by atoms with Gasteiger partial charge in [-0.05, 0) is 36.4 Å². The number of carbonyl (C=O) groups excluding carboxylic acids is 1. The Morgan fingerprint density at radius 2 is 2.21 bits per heavy atom. The molecule has 2 heterocycles. The molecule has 1 unspecified atom stereocenters. The average Bonchev–Trinajstić information content (AvgIpc) is 3.30. The SMILES string of the molecule is COc1ccc(C2CCCN2C(=O)NCc2cccs2)c(OC)c1. The van der Waals surface area contributed by atoms with E-state index in [9.17, 15) is 4.79 Å². The van der Waals surface area contributed by atoms with Crippen LogP contribution in [0.2, 0.25) is 0 Å². The largest absolute Gasteiger partial charge is 0.497 e. The minimum atomic E-state index is -0.0243. The first-order valence-corrected chi connectivity index (χ1v) is 8.89. The summed E-state index contributed by atoms with van der Waals surface area (Å²) in [6.45, 7) is 1.33. The van der Waals surface area contributed by atoms with Gasteiger partial charge in [-0.25, -0.2) is 4.79 Å². The second-order valence-corrected chi connectivity index (χ2v) is 6.73. The van der Waals surface area contributed by atoms with E-state index in [0.29, 0.717) is 6.54 Å². The Hall–Kier alpha value is -2.21. The molecule has 6 heteroatoms. The fraction of sp³-hybridized carbons (Fsp3) is 0.389. The van der Waals surface area contributed by atoms with Gasteiger partial charge in [-0.3, -0.25) is 0 Å².